The molecule has 0 unspecified atom stereocenters. The molecule has 8 heteroatoms. The number of ether oxygens (including phenoxy) is 2. The van der Waals surface area contributed by atoms with E-state index in [0.29, 0.717) is 30.0 Å². The van der Waals surface area contributed by atoms with Crippen LogP contribution >= 0.6 is 15.9 Å². The topological polar surface area (TPSA) is 70.7 Å². The molecule has 0 radical (unpaired) electrons. The van der Waals surface area contributed by atoms with Crippen LogP contribution in [0.1, 0.15) is 16.1 Å². The van der Waals surface area contributed by atoms with Crippen molar-refractivity contribution in [1.82, 2.24) is 20.0 Å². The zero-order valence-corrected chi connectivity index (χ0v) is 14.6. The van der Waals surface area contributed by atoms with Crippen molar-refractivity contribution in [3.05, 3.63) is 40.1 Å². The molecule has 4 rings (SSSR count). The third-order valence-corrected chi connectivity index (χ3v) is 4.91. The van der Waals surface area contributed by atoms with E-state index in [1.54, 1.807) is 6.20 Å². The van der Waals surface area contributed by atoms with E-state index in [2.05, 4.69) is 37.1 Å². The molecule has 1 fully saturated rings. The Balaban J connectivity index is 1.35. The summed E-state index contributed by atoms with van der Waals surface area (Å²) < 4.78 is 11.5. The average Bonchev–Trinajstić information content (AvgIpc) is 3.23. The molecule has 0 aliphatic carbocycles. The first-order valence-electron chi connectivity index (χ1n) is 7.80. The number of nitrogens with one attached hydrogen (secondary N) is 1. The molecule has 3 heterocycles. The standard InChI is InChI=1S/C16H17BrN4O3/c17-12-8-18-19-15(12)16(22)21-5-3-20(4-6-21)9-11-1-2-13-14(7-11)24-10-23-13/h1-2,7-8H,3-6,9-10H2,(H,18,19). The van der Waals surface area contributed by atoms with Gasteiger partial charge < -0.3 is 14.4 Å². The van der Waals surface area contributed by atoms with Crippen molar-refractivity contribution >= 4 is 21.8 Å². The van der Waals surface area contributed by atoms with E-state index >= 15 is 0 Å². The fraction of sp³-hybridized carbons (Fsp3) is 0.375. The van der Waals surface area contributed by atoms with Gasteiger partial charge in [0.15, 0.2) is 11.5 Å². The molecule has 7 nitrogen and oxygen atoms in total. The minimum atomic E-state index is -0.0119. The van der Waals surface area contributed by atoms with Crippen LogP contribution in [-0.4, -0.2) is 58.9 Å². The van der Waals surface area contributed by atoms with Crippen LogP contribution in [0.25, 0.3) is 0 Å². The van der Waals surface area contributed by atoms with Gasteiger partial charge in [0.1, 0.15) is 5.69 Å². The molecule has 1 aromatic carbocycles. The van der Waals surface area contributed by atoms with Gasteiger partial charge in [0.25, 0.3) is 5.91 Å². The maximum Gasteiger partial charge on any atom is 0.273 e. The van der Waals surface area contributed by atoms with Gasteiger partial charge in [-0.3, -0.25) is 14.8 Å². The Hall–Kier alpha value is -2.06. The number of halogens is 1. The molecular weight excluding hydrogens is 376 g/mol. The van der Waals surface area contributed by atoms with Gasteiger partial charge in [-0.2, -0.15) is 5.10 Å². The van der Waals surface area contributed by atoms with Crippen molar-refractivity contribution in [3.63, 3.8) is 0 Å². The molecule has 24 heavy (non-hydrogen) atoms. The molecule has 0 bridgehead atoms. The van der Waals surface area contributed by atoms with Gasteiger partial charge in [-0.1, -0.05) is 6.07 Å². The Morgan fingerprint density at radius 3 is 2.75 bits per heavy atom. The lowest BCUT2D eigenvalue weighted by atomic mass is 10.1. The molecule has 2 aliphatic rings. The second-order valence-corrected chi connectivity index (χ2v) is 6.70. The third kappa shape index (κ3) is 2.99. The van der Waals surface area contributed by atoms with Gasteiger partial charge in [0, 0.05) is 32.7 Å². The molecule has 0 atom stereocenters. The molecule has 1 N–H and O–H groups in total. The van der Waals surface area contributed by atoms with Gasteiger partial charge in [0.05, 0.1) is 10.7 Å². The number of carbonyl (C=O) groups is 1. The van der Waals surface area contributed by atoms with Crippen LogP contribution < -0.4 is 9.47 Å². The Labute approximate surface area is 147 Å². The van der Waals surface area contributed by atoms with Crippen molar-refractivity contribution in [2.24, 2.45) is 0 Å². The Bertz CT molecular complexity index is 756. The number of hydrogen-bond donors (Lipinski definition) is 1. The summed E-state index contributed by atoms with van der Waals surface area (Å²) in [6.07, 6.45) is 1.60. The lowest BCUT2D eigenvalue weighted by molar-refractivity contribution is 0.0622. The summed E-state index contributed by atoms with van der Waals surface area (Å²) in [5.41, 5.74) is 1.70. The van der Waals surface area contributed by atoms with Crippen LogP contribution in [0.5, 0.6) is 11.5 Å². The van der Waals surface area contributed by atoms with Crippen LogP contribution in [0.3, 0.4) is 0 Å². The third-order valence-electron chi connectivity index (χ3n) is 4.31. The summed E-state index contributed by atoms with van der Waals surface area (Å²) in [4.78, 5) is 16.6. The number of fused-ring (bicyclic) bond motifs is 1. The predicted octanol–water partition coefficient (Wildman–Crippen LogP) is 1.86. The normalized spacial score (nSPS) is 17.3. The van der Waals surface area contributed by atoms with Gasteiger partial charge >= 0.3 is 0 Å². The van der Waals surface area contributed by atoms with Crippen LogP contribution in [0.2, 0.25) is 0 Å². The van der Waals surface area contributed by atoms with Crippen molar-refractivity contribution in [1.29, 1.82) is 0 Å². The molecule has 1 saturated heterocycles. The van der Waals surface area contributed by atoms with Crippen molar-refractivity contribution in [2.75, 3.05) is 33.0 Å². The Kier molecular flexibility index (Phi) is 4.15. The first-order valence-corrected chi connectivity index (χ1v) is 8.59. The highest BCUT2D eigenvalue weighted by atomic mass is 79.9. The number of hydrogen-bond acceptors (Lipinski definition) is 5. The van der Waals surface area contributed by atoms with Crippen LogP contribution in [0.15, 0.2) is 28.9 Å². The van der Waals surface area contributed by atoms with E-state index in [-0.39, 0.29) is 5.91 Å². The number of carbonyl (C=O) groups excluding carboxylic acids is 1. The molecular formula is C16H17BrN4O3. The second-order valence-electron chi connectivity index (χ2n) is 5.85. The number of nitrogens with zero attached hydrogens (tertiary/aromatic N) is 3. The van der Waals surface area contributed by atoms with Gasteiger partial charge in [-0.05, 0) is 33.6 Å². The zero-order valence-electron chi connectivity index (χ0n) is 13.0. The Morgan fingerprint density at radius 2 is 2.00 bits per heavy atom. The van der Waals surface area contributed by atoms with Crippen LogP contribution in [0.4, 0.5) is 0 Å². The number of benzene rings is 1. The molecule has 2 aliphatic heterocycles. The molecule has 1 amide bonds. The highest BCUT2D eigenvalue weighted by Crippen LogP contribution is 2.32. The highest BCUT2D eigenvalue weighted by Gasteiger charge is 2.25. The largest absolute Gasteiger partial charge is 0.454 e. The summed E-state index contributed by atoms with van der Waals surface area (Å²) in [7, 11) is 0. The molecule has 0 spiro atoms. The summed E-state index contributed by atoms with van der Waals surface area (Å²) in [5, 5.41) is 6.64. The van der Waals surface area contributed by atoms with E-state index in [9.17, 15) is 4.79 Å². The van der Waals surface area contributed by atoms with E-state index in [0.717, 1.165) is 31.1 Å². The lowest BCUT2D eigenvalue weighted by Crippen LogP contribution is -2.48. The van der Waals surface area contributed by atoms with Crippen LogP contribution in [0, 0.1) is 0 Å². The van der Waals surface area contributed by atoms with Gasteiger partial charge in [-0.25, -0.2) is 0 Å². The number of aromatic amines is 1. The van der Waals surface area contributed by atoms with Crippen molar-refractivity contribution < 1.29 is 14.3 Å². The fourth-order valence-corrected chi connectivity index (χ4v) is 3.35. The number of amides is 1. The first-order chi connectivity index (χ1) is 11.7. The number of H-pyrrole nitrogens is 1. The molecule has 2 aromatic rings. The SMILES string of the molecule is O=C(c1[nH]ncc1Br)N1CCN(Cc2ccc3c(c2)OCO3)CC1. The molecule has 0 saturated carbocycles. The molecule has 126 valence electrons. The van der Waals surface area contributed by atoms with Crippen molar-refractivity contribution in [3.8, 4) is 11.5 Å². The van der Waals surface area contributed by atoms with Crippen molar-refractivity contribution in [2.45, 2.75) is 6.54 Å². The molecule has 1 aromatic heterocycles. The van der Waals surface area contributed by atoms with E-state index in [1.807, 2.05) is 17.0 Å². The van der Waals surface area contributed by atoms with E-state index < -0.39 is 0 Å². The average molecular weight is 393 g/mol. The quantitative estimate of drug-likeness (QED) is 0.862. The summed E-state index contributed by atoms with van der Waals surface area (Å²) in [6.45, 7) is 4.22. The summed E-state index contributed by atoms with van der Waals surface area (Å²) in [6, 6.07) is 6.04. The minimum Gasteiger partial charge on any atom is -0.454 e. The second kappa shape index (κ2) is 6.45. The highest BCUT2D eigenvalue weighted by molar-refractivity contribution is 9.10. The maximum absolute atomic E-state index is 12.5. The fourth-order valence-electron chi connectivity index (χ4n) is 2.99. The minimum absolute atomic E-state index is 0.0119. The maximum atomic E-state index is 12.5. The zero-order chi connectivity index (χ0) is 16.5. The van der Waals surface area contributed by atoms with E-state index in [1.165, 1.54) is 5.56 Å². The smallest absolute Gasteiger partial charge is 0.273 e. The van der Waals surface area contributed by atoms with E-state index in [4.69, 9.17) is 9.47 Å². The predicted molar refractivity (Wildman–Crippen MR) is 90.0 cm³/mol. The monoisotopic (exact) mass is 392 g/mol. The first kappa shape index (κ1) is 15.5. The Morgan fingerprint density at radius 1 is 1.21 bits per heavy atom. The number of aromatic nitrogens is 2. The van der Waals surface area contributed by atoms with Crippen LogP contribution in [-0.2, 0) is 6.54 Å². The summed E-state index contributed by atoms with van der Waals surface area (Å²) >= 11 is 3.34. The number of piperazine rings is 1. The van der Waals surface area contributed by atoms with Gasteiger partial charge in [0.2, 0.25) is 6.79 Å². The summed E-state index contributed by atoms with van der Waals surface area (Å²) in [5.74, 6) is 1.60. The van der Waals surface area contributed by atoms with Gasteiger partial charge in [-0.15, -0.1) is 0 Å². The lowest BCUT2D eigenvalue weighted by Gasteiger charge is -2.34. The number of rotatable bonds is 3.